The molecule has 0 atom stereocenters. The number of hydrogen-bond donors (Lipinski definition) is 2. The van der Waals surface area contributed by atoms with Crippen molar-refractivity contribution in [1.82, 2.24) is 15.1 Å². The highest BCUT2D eigenvalue weighted by molar-refractivity contribution is 7.98. The second-order valence-corrected chi connectivity index (χ2v) is 6.86. The second kappa shape index (κ2) is 8.75. The molecule has 3 rings (SSSR count). The van der Waals surface area contributed by atoms with E-state index in [0.717, 1.165) is 10.6 Å². The van der Waals surface area contributed by atoms with Crippen molar-refractivity contribution < 1.29 is 9.59 Å². The molecule has 0 aliphatic carbocycles. The largest absolute Gasteiger partial charge is 0.343 e. The highest BCUT2D eigenvalue weighted by atomic mass is 35.5. The molecule has 0 aliphatic heterocycles. The van der Waals surface area contributed by atoms with Crippen molar-refractivity contribution in [3.8, 4) is 5.69 Å². The predicted octanol–water partition coefficient (Wildman–Crippen LogP) is 3.62. The number of rotatable bonds is 6. The van der Waals surface area contributed by atoms with Crippen molar-refractivity contribution in [1.29, 1.82) is 0 Å². The van der Waals surface area contributed by atoms with Crippen LogP contribution in [0.1, 0.15) is 10.4 Å². The summed E-state index contributed by atoms with van der Waals surface area (Å²) < 4.78 is 1.72. The van der Waals surface area contributed by atoms with Crippen LogP contribution in [-0.2, 0) is 4.79 Å². The Morgan fingerprint density at radius 2 is 1.96 bits per heavy atom. The van der Waals surface area contributed by atoms with Crippen molar-refractivity contribution in [2.45, 2.75) is 4.90 Å². The molecule has 0 radical (unpaired) electrons. The summed E-state index contributed by atoms with van der Waals surface area (Å²) in [6, 6.07) is 14.3. The van der Waals surface area contributed by atoms with Crippen LogP contribution in [0.25, 0.3) is 5.69 Å². The Hall–Kier alpha value is -2.77. The number of carbonyl (C=O) groups excluding carboxylic acids is 2. The van der Waals surface area contributed by atoms with Crippen molar-refractivity contribution in [3.05, 3.63) is 71.5 Å². The zero-order valence-corrected chi connectivity index (χ0v) is 16.1. The van der Waals surface area contributed by atoms with E-state index in [4.69, 9.17) is 11.6 Å². The fraction of sp³-hybridized carbons (Fsp3) is 0.105. The molecule has 3 aromatic rings. The molecule has 6 nitrogen and oxygen atoms in total. The third-order valence-electron chi connectivity index (χ3n) is 3.75. The molecule has 138 valence electrons. The summed E-state index contributed by atoms with van der Waals surface area (Å²) in [5, 5.41) is 9.81. The molecule has 2 N–H and O–H groups in total. The zero-order valence-electron chi connectivity index (χ0n) is 14.5. The van der Waals surface area contributed by atoms with E-state index >= 15 is 0 Å². The number of halogens is 1. The van der Waals surface area contributed by atoms with Gasteiger partial charge in [-0.1, -0.05) is 11.6 Å². The number of benzene rings is 2. The van der Waals surface area contributed by atoms with Gasteiger partial charge in [0.25, 0.3) is 5.91 Å². The summed E-state index contributed by atoms with van der Waals surface area (Å²) in [5.74, 6) is -0.715. The Morgan fingerprint density at radius 3 is 2.63 bits per heavy atom. The minimum atomic E-state index is -0.389. The van der Waals surface area contributed by atoms with Crippen LogP contribution in [0.4, 0.5) is 5.69 Å². The number of amides is 2. The monoisotopic (exact) mass is 400 g/mol. The van der Waals surface area contributed by atoms with E-state index in [1.807, 2.05) is 36.7 Å². The molecule has 0 fully saturated rings. The van der Waals surface area contributed by atoms with Gasteiger partial charge in [-0.3, -0.25) is 9.59 Å². The number of hydrogen-bond acceptors (Lipinski definition) is 4. The molecule has 2 aromatic carbocycles. The number of aromatic nitrogens is 2. The van der Waals surface area contributed by atoms with Crippen LogP contribution < -0.4 is 10.6 Å². The quantitative estimate of drug-likeness (QED) is 0.620. The van der Waals surface area contributed by atoms with Crippen LogP contribution in [0.3, 0.4) is 0 Å². The Kier molecular flexibility index (Phi) is 6.16. The van der Waals surface area contributed by atoms with E-state index in [1.54, 1.807) is 35.1 Å². The summed E-state index contributed by atoms with van der Waals surface area (Å²) in [6.07, 6.45) is 5.44. The molecule has 0 spiro atoms. The molecule has 1 heterocycles. The Morgan fingerprint density at radius 1 is 1.19 bits per heavy atom. The summed E-state index contributed by atoms with van der Waals surface area (Å²) >= 11 is 7.58. The predicted molar refractivity (Wildman–Crippen MR) is 108 cm³/mol. The number of anilines is 1. The van der Waals surface area contributed by atoms with Crippen LogP contribution in [0.5, 0.6) is 0 Å². The van der Waals surface area contributed by atoms with Crippen LogP contribution >= 0.6 is 23.4 Å². The number of carbonyl (C=O) groups is 2. The van der Waals surface area contributed by atoms with Gasteiger partial charge in [0.15, 0.2) is 0 Å². The maximum atomic E-state index is 12.3. The van der Waals surface area contributed by atoms with Gasteiger partial charge in [0.05, 0.1) is 22.8 Å². The first-order valence-electron chi connectivity index (χ1n) is 8.08. The molecule has 2 amide bonds. The average Bonchev–Trinajstić information content (AvgIpc) is 3.22. The lowest BCUT2D eigenvalue weighted by Crippen LogP contribution is -2.33. The lowest BCUT2D eigenvalue weighted by atomic mass is 10.2. The van der Waals surface area contributed by atoms with Gasteiger partial charge in [-0.25, -0.2) is 4.68 Å². The molecule has 1 aromatic heterocycles. The lowest BCUT2D eigenvalue weighted by Gasteiger charge is -2.09. The molecule has 0 saturated carbocycles. The SMILES string of the molecule is CSc1ccc(Cl)c(C(=O)NCC(=O)Nc2ccc(-n3cccn3)cc2)c1. The van der Waals surface area contributed by atoms with Crippen molar-refractivity contribution >= 4 is 40.9 Å². The zero-order chi connectivity index (χ0) is 19.2. The number of nitrogens with zero attached hydrogens (tertiary/aromatic N) is 2. The first-order chi connectivity index (χ1) is 13.1. The fourth-order valence-electron chi connectivity index (χ4n) is 2.39. The highest BCUT2D eigenvalue weighted by Crippen LogP contribution is 2.22. The molecular weight excluding hydrogens is 384 g/mol. The summed E-state index contributed by atoms with van der Waals surface area (Å²) in [5.41, 5.74) is 1.86. The fourth-order valence-corrected chi connectivity index (χ4v) is 3.03. The molecule has 0 unspecified atom stereocenters. The number of thioether (sulfide) groups is 1. The third kappa shape index (κ3) is 4.90. The molecule has 0 aliphatic rings. The first kappa shape index (κ1) is 19.0. The molecule has 27 heavy (non-hydrogen) atoms. The van der Waals surface area contributed by atoms with Gasteiger partial charge in [0.2, 0.25) is 5.91 Å². The molecular formula is C19H17ClN4O2S. The summed E-state index contributed by atoms with van der Waals surface area (Å²) in [4.78, 5) is 25.3. The van der Waals surface area contributed by atoms with E-state index < -0.39 is 0 Å². The Bertz CT molecular complexity index is 943. The van der Waals surface area contributed by atoms with Gasteiger partial charge in [-0.05, 0) is 54.8 Å². The van der Waals surface area contributed by atoms with Gasteiger partial charge in [0, 0.05) is 23.0 Å². The van der Waals surface area contributed by atoms with E-state index in [0.29, 0.717) is 16.3 Å². The van der Waals surface area contributed by atoms with Gasteiger partial charge < -0.3 is 10.6 Å². The van der Waals surface area contributed by atoms with Crippen molar-refractivity contribution in [2.24, 2.45) is 0 Å². The molecule has 0 bridgehead atoms. The third-order valence-corrected chi connectivity index (χ3v) is 4.80. The average molecular weight is 401 g/mol. The smallest absolute Gasteiger partial charge is 0.253 e. The normalized spacial score (nSPS) is 10.4. The molecule has 0 saturated heterocycles. The number of nitrogens with one attached hydrogen (secondary N) is 2. The maximum absolute atomic E-state index is 12.3. The highest BCUT2D eigenvalue weighted by Gasteiger charge is 2.12. The first-order valence-corrected chi connectivity index (χ1v) is 9.69. The van der Waals surface area contributed by atoms with Crippen LogP contribution in [0, 0.1) is 0 Å². The van der Waals surface area contributed by atoms with Gasteiger partial charge >= 0.3 is 0 Å². The van der Waals surface area contributed by atoms with E-state index in [2.05, 4.69) is 15.7 Å². The minimum absolute atomic E-state index is 0.153. The van der Waals surface area contributed by atoms with Crippen LogP contribution in [0.2, 0.25) is 5.02 Å². The Balaban J connectivity index is 1.56. The van der Waals surface area contributed by atoms with Gasteiger partial charge in [0.1, 0.15) is 0 Å². The van der Waals surface area contributed by atoms with Gasteiger partial charge in [-0.15, -0.1) is 11.8 Å². The van der Waals surface area contributed by atoms with E-state index in [-0.39, 0.29) is 18.4 Å². The maximum Gasteiger partial charge on any atom is 0.253 e. The van der Waals surface area contributed by atoms with Crippen molar-refractivity contribution in [2.75, 3.05) is 18.1 Å². The minimum Gasteiger partial charge on any atom is -0.343 e. The topological polar surface area (TPSA) is 76.0 Å². The van der Waals surface area contributed by atoms with E-state index in [1.165, 1.54) is 11.8 Å². The van der Waals surface area contributed by atoms with Crippen LogP contribution in [0.15, 0.2) is 65.8 Å². The van der Waals surface area contributed by atoms with Gasteiger partial charge in [-0.2, -0.15) is 5.10 Å². The summed E-state index contributed by atoms with van der Waals surface area (Å²) in [6.45, 7) is -0.153. The van der Waals surface area contributed by atoms with Crippen molar-refractivity contribution in [3.63, 3.8) is 0 Å². The standard InChI is InChI=1S/C19H17ClN4O2S/c1-27-15-7-8-17(20)16(11-15)19(26)21-12-18(25)23-13-3-5-14(6-4-13)24-10-2-9-22-24/h2-11H,12H2,1H3,(H,21,26)(H,23,25). The van der Waals surface area contributed by atoms with E-state index in [9.17, 15) is 9.59 Å². The lowest BCUT2D eigenvalue weighted by molar-refractivity contribution is -0.115. The van der Waals surface area contributed by atoms with Crippen LogP contribution in [-0.4, -0.2) is 34.4 Å². The summed E-state index contributed by atoms with van der Waals surface area (Å²) in [7, 11) is 0. The Labute approximate surface area is 165 Å². The molecule has 8 heteroatoms. The second-order valence-electron chi connectivity index (χ2n) is 5.57.